The van der Waals surface area contributed by atoms with Crippen molar-refractivity contribution in [3.63, 3.8) is 0 Å². The molecule has 2 atom stereocenters. The van der Waals surface area contributed by atoms with Gasteiger partial charge in [-0.3, -0.25) is 4.79 Å². The van der Waals surface area contributed by atoms with E-state index in [1.165, 1.54) is 0 Å². The second kappa shape index (κ2) is 5.67. The summed E-state index contributed by atoms with van der Waals surface area (Å²) in [7, 11) is 0. The van der Waals surface area contributed by atoms with Crippen LogP contribution < -0.4 is 5.32 Å². The Morgan fingerprint density at radius 2 is 2.15 bits per heavy atom. The Bertz CT molecular complexity index is 605. The lowest BCUT2D eigenvalue weighted by Crippen LogP contribution is -2.43. The summed E-state index contributed by atoms with van der Waals surface area (Å²) < 4.78 is 0. The number of carbonyl (C=O) groups is 1. The van der Waals surface area contributed by atoms with Crippen molar-refractivity contribution in [2.75, 3.05) is 6.61 Å². The zero-order valence-corrected chi connectivity index (χ0v) is 11.4. The van der Waals surface area contributed by atoms with Gasteiger partial charge in [-0.2, -0.15) is 0 Å². The Morgan fingerprint density at radius 1 is 1.30 bits per heavy atom. The van der Waals surface area contributed by atoms with Gasteiger partial charge in [-0.1, -0.05) is 18.9 Å². The van der Waals surface area contributed by atoms with Crippen LogP contribution in [0.5, 0.6) is 0 Å². The summed E-state index contributed by atoms with van der Waals surface area (Å²) in [6.45, 7) is 0.152. The van der Waals surface area contributed by atoms with E-state index in [-0.39, 0.29) is 24.5 Å². The van der Waals surface area contributed by atoms with Crippen molar-refractivity contribution < 1.29 is 9.90 Å². The fourth-order valence-corrected chi connectivity index (χ4v) is 3.15. The van der Waals surface area contributed by atoms with E-state index in [1.54, 1.807) is 0 Å². The summed E-state index contributed by atoms with van der Waals surface area (Å²) in [5, 5.41) is 13.5. The summed E-state index contributed by atoms with van der Waals surface area (Å²) in [5.74, 6) is 0.152. The molecule has 1 amide bonds. The van der Waals surface area contributed by atoms with E-state index in [0.717, 1.165) is 36.6 Å². The van der Waals surface area contributed by atoms with Crippen molar-refractivity contribution in [3.05, 3.63) is 36.0 Å². The highest BCUT2D eigenvalue weighted by molar-refractivity contribution is 6.06. The summed E-state index contributed by atoms with van der Waals surface area (Å²) >= 11 is 0. The molecule has 1 aliphatic carbocycles. The molecule has 1 heterocycles. The minimum absolute atomic E-state index is 0.0412. The van der Waals surface area contributed by atoms with Crippen LogP contribution in [-0.2, 0) is 0 Å². The molecule has 3 N–H and O–H groups in total. The molecule has 106 valence electrons. The first-order chi connectivity index (χ1) is 9.79. The highest BCUT2D eigenvalue weighted by Crippen LogP contribution is 2.25. The maximum atomic E-state index is 12.5. The molecule has 2 unspecified atom stereocenters. The van der Waals surface area contributed by atoms with E-state index in [1.807, 2.05) is 30.5 Å². The monoisotopic (exact) mass is 272 g/mol. The van der Waals surface area contributed by atoms with E-state index >= 15 is 0 Å². The second-order valence-electron chi connectivity index (χ2n) is 5.55. The maximum Gasteiger partial charge on any atom is 0.252 e. The van der Waals surface area contributed by atoms with E-state index < -0.39 is 0 Å². The van der Waals surface area contributed by atoms with Crippen molar-refractivity contribution in [2.24, 2.45) is 5.92 Å². The third-order valence-electron chi connectivity index (χ3n) is 4.30. The van der Waals surface area contributed by atoms with Crippen molar-refractivity contribution >= 4 is 16.8 Å². The van der Waals surface area contributed by atoms with Crippen LogP contribution in [0.2, 0.25) is 0 Å². The molecule has 2 aromatic rings. The topological polar surface area (TPSA) is 65.1 Å². The van der Waals surface area contributed by atoms with Gasteiger partial charge in [0.15, 0.2) is 0 Å². The maximum absolute atomic E-state index is 12.5. The van der Waals surface area contributed by atoms with Crippen LogP contribution in [0.3, 0.4) is 0 Å². The van der Waals surface area contributed by atoms with Crippen LogP contribution in [0.25, 0.3) is 10.9 Å². The van der Waals surface area contributed by atoms with Gasteiger partial charge in [-0.25, -0.2) is 0 Å². The summed E-state index contributed by atoms with van der Waals surface area (Å²) in [6.07, 6.45) is 6.06. The van der Waals surface area contributed by atoms with Gasteiger partial charge < -0.3 is 15.4 Å². The van der Waals surface area contributed by atoms with Crippen LogP contribution in [0.4, 0.5) is 0 Å². The summed E-state index contributed by atoms with van der Waals surface area (Å²) in [5.41, 5.74) is 1.67. The fraction of sp³-hybridized carbons (Fsp3) is 0.438. The lowest BCUT2D eigenvalue weighted by molar-refractivity contribution is 0.0874. The third-order valence-corrected chi connectivity index (χ3v) is 4.30. The number of hydrogen-bond donors (Lipinski definition) is 3. The lowest BCUT2D eigenvalue weighted by Gasteiger charge is -2.30. The Kier molecular flexibility index (Phi) is 3.74. The Morgan fingerprint density at radius 3 is 3.00 bits per heavy atom. The zero-order chi connectivity index (χ0) is 13.9. The first kappa shape index (κ1) is 13.2. The molecule has 4 nitrogen and oxygen atoms in total. The van der Waals surface area contributed by atoms with Gasteiger partial charge in [0.1, 0.15) is 0 Å². The molecule has 0 radical (unpaired) electrons. The van der Waals surface area contributed by atoms with Crippen LogP contribution in [-0.4, -0.2) is 28.6 Å². The molecule has 3 rings (SSSR count). The number of aromatic amines is 1. The standard InChI is InChI=1S/C16H20N2O2/c19-10-11-4-1-2-6-14(11)18-16(20)13-5-3-7-15-12(13)8-9-17-15/h3,5,7-9,11,14,17,19H,1-2,4,6,10H2,(H,18,20). The number of aromatic nitrogens is 1. The molecular formula is C16H20N2O2. The minimum atomic E-state index is -0.0412. The Labute approximate surface area is 118 Å². The minimum Gasteiger partial charge on any atom is -0.396 e. The quantitative estimate of drug-likeness (QED) is 0.803. The highest BCUT2D eigenvalue weighted by Gasteiger charge is 2.26. The molecular weight excluding hydrogens is 252 g/mol. The molecule has 20 heavy (non-hydrogen) atoms. The molecule has 1 aromatic carbocycles. The molecule has 0 spiro atoms. The Hall–Kier alpha value is -1.81. The number of H-pyrrole nitrogens is 1. The van der Waals surface area contributed by atoms with Gasteiger partial charge in [0.05, 0.1) is 0 Å². The number of rotatable bonds is 3. The molecule has 0 saturated heterocycles. The number of carbonyl (C=O) groups excluding carboxylic acids is 1. The van der Waals surface area contributed by atoms with Gasteiger partial charge in [0.2, 0.25) is 0 Å². The average molecular weight is 272 g/mol. The second-order valence-corrected chi connectivity index (χ2v) is 5.55. The predicted molar refractivity (Wildman–Crippen MR) is 78.6 cm³/mol. The van der Waals surface area contributed by atoms with Crippen molar-refractivity contribution in [1.82, 2.24) is 10.3 Å². The first-order valence-corrected chi connectivity index (χ1v) is 7.27. The molecule has 0 bridgehead atoms. The molecule has 4 heteroatoms. The Balaban J connectivity index is 1.80. The molecule has 0 aliphatic heterocycles. The SMILES string of the molecule is O=C(NC1CCCCC1CO)c1cccc2[nH]ccc12. The van der Waals surface area contributed by atoms with Gasteiger partial charge in [0.25, 0.3) is 5.91 Å². The van der Waals surface area contributed by atoms with Crippen LogP contribution in [0, 0.1) is 5.92 Å². The predicted octanol–water partition coefficient (Wildman–Crippen LogP) is 2.45. The highest BCUT2D eigenvalue weighted by atomic mass is 16.3. The number of aliphatic hydroxyl groups is 1. The van der Waals surface area contributed by atoms with Crippen LogP contribution >= 0.6 is 0 Å². The van der Waals surface area contributed by atoms with Gasteiger partial charge in [-0.05, 0) is 31.0 Å². The number of aliphatic hydroxyl groups excluding tert-OH is 1. The normalized spacial score (nSPS) is 22.9. The van der Waals surface area contributed by atoms with Crippen molar-refractivity contribution in [2.45, 2.75) is 31.7 Å². The van der Waals surface area contributed by atoms with E-state index in [2.05, 4.69) is 10.3 Å². The average Bonchev–Trinajstić information content (AvgIpc) is 2.96. The zero-order valence-electron chi connectivity index (χ0n) is 11.4. The number of fused-ring (bicyclic) bond motifs is 1. The van der Waals surface area contributed by atoms with E-state index in [9.17, 15) is 9.90 Å². The van der Waals surface area contributed by atoms with Gasteiger partial charge in [-0.15, -0.1) is 0 Å². The van der Waals surface area contributed by atoms with Crippen molar-refractivity contribution in [3.8, 4) is 0 Å². The number of hydrogen-bond acceptors (Lipinski definition) is 2. The number of amides is 1. The van der Waals surface area contributed by atoms with E-state index in [4.69, 9.17) is 0 Å². The first-order valence-electron chi connectivity index (χ1n) is 7.27. The molecule has 1 saturated carbocycles. The van der Waals surface area contributed by atoms with Crippen molar-refractivity contribution in [1.29, 1.82) is 0 Å². The largest absolute Gasteiger partial charge is 0.396 e. The fourth-order valence-electron chi connectivity index (χ4n) is 3.15. The number of benzene rings is 1. The van der Waals surface area contributed by atoms with Crippen LogP contribution in [0.15, 0.2) is 30.5 Å². The van der Waals surface area contributed by atoms with E-state index in [0.29, 0.717) is 5.56 Å². The number of nitrogens with one attached hydrogen (secondary N) is 2. The molecule has 1 fully saturated rings. The summed E-state index contributed by atoms with van der Waals surface area (Å²) in [4.78, 5) is 15.6. The van der Waals surface area contributed by atoms with Gasteiger partial charge >= 0.3 is 0 Å². The van der Waals surface area contributed by atoms with Gasteiger partial charge in [0, 0.05) is 41.2 Å². The smallest absolute Gasteiger partial charge is 0.252 e. The summed E-state index contributed by atoms with van der Waals surface area (Å²) in [6, 6.07) is 7.72. The molecule has 1 aromatic heterocycles. The van der Waals surface area contributed by atoms with Crippen LogP contribution in [0.1, 0.15) is 36.0 Å². The lowest BCUT2D eigenvalue weighted by atomic mass is 9.85. The molecule has 1 aliphatic rings. The third kappa shape index (κ3) is 2.43.